The predicted molar refractivity (Wildman–Crippen MR) is 78.2 cm³/mol. The van der Waals surface area contributed by atoms with Crippen LogP contribution in [0.3, 0.4) is 0 Å². The van der Waals surface area contributed by atoms with E-state index in [4.69, 9.17) is 5.11 Å². The maximum Gasteiger partial charge on any atom is 0.326 e. The summed E-state index contributed by atoms with van der Waals surface area (Å²) in [7, 11) is -3.28. The van der Waals surface area contributed by atoms with Gasteiger partial charge >= 0.3 is 5.97 Å². The number of nitrogens with zero attached hydrogens (tertiary/aromatic N) is 1. The predicted octanol–water partition coefficient (Wildman–Crippen LogP) is 0.418. The molecule has 8 heteroatoms. The van der Waals surface area contributed by atoms with Crippen LogP contribution in [-0.2, 0) is 19.6 Å². The molecule has 0 aliphatic carbocycles. The van der Waals surface area contributed by atoms with Gasteiger partial charge in [-0.3, -0.25) is 4.79 Å². The minimum Gasteiger partial charge on any atom is -0.480 e. The molecule has 7 nitrogen and oxygen atoms in total. The summed E-state index contributed by atoms with van der Waals surface area (Å²) in [5, 5.41) is 11.4. The zero-order valence-electron chi connectivity index (χ0n) is 12.5. The van der Waals surface area contributed by atoms with Crippen LogP contribution < -0.4 is 5.32 Å². The van der Waals surface area contributed by atoms with Crippen LogP contribution in [0.1, 0.15) is 39.5 Å². The summed E-state index contributed by atoms with van der Waals surface area (Å²) in [5.41, 5.74) is 0. The van der Waals surface area contributed by atoms with Crippen molar-refractivity contribution in [3.05, 3.63) is 0 Å². The Balaban J connectivity index is 2.37. The minimum atomic E-state index is -3.28. The molecule has 0 aromatic carbocycles. The van der Waals surface area contributed by atoms with Crippen molar-refractivity contribution in [2.75, 3.05) is 18.8 Å². The highest BCUT2D eigenvalue weighted by Gasteiger charge is 2.26. The number of hydrogen-bond acceptors (Lipinski definition) is 4. The van der Waals surface area contributed by atoms with Gasteiger partial charge < -0.3 is 10.4 Å². The van der Waals surface area contributed by atoms with Crippen LogP contribution in [-0.4, -0.2) is 54.6 Å². The zero-order chi connectivity index (χ0) is 16.0. The van der Waals surface area contributed by atoms with Gasteiger partial charge in [-0.15, -0.1) is 0 Å². The third-order valence-electron chi connectivity index (χ3n) is 3.51. The van der Waals surface area contributed by atoms with E-state index < -0.39 is 27.9 Å². The molecule has 0 aromatic rings. The third kappa shape index (κ3) is 5.62. The molecule has 1 aliphatic heterocycles. The van der Waals surface area contributed by atoms with Gasteiger partial charge in [0.2, 0.25) is 15.9 Å². The molecule has 21 heavy (non-hydrogen) atoms. The highest BCUT2D eigenvalue weighted by atomic mass is 32.2. The average Bonchev–Trinajstić information content (AvgIpc) is 2.89. The number of hydrogen-bond donors (Lipinski definition) is 2. The number of amides is 1. The maximum absolute atomic E-state index is 12.0. The number of carbonyl (C=O) groups excluding carboxylic acids is 1. The van der Waals surface area contributed by atoms with E-state index in [2.05, 4.69) is 5.32 Å². The van der Waals surface area contributed by atoms with Crippen molar-refractivity contribution in [1.82, 2.24) is 9.62 Å². The second-order valence-corrected chi connectivity index (χ2v) is 7.74. The van der Waals surface area contributed by atoms with Gasteiger partial charge in [0.15, 0.2) is 0 Å². The smallest absolute Gasteiger partial charge is 0.326 e. The standard InChI is InChI=1S/C13H24N2O5S/c1-10(2)12(13(17)18)14-11(16)6-5-9-21(19,20)15-7-3-4-8-15/h10,12H,3-9H2,1-2H3,(H,14,16)(H,17,18)/t12-/m1/s1. The maximum atomic E-state index is 12.0. The molecule has 1 rings (SSSR count). The largest absolute Gasteiger partial charge is 0.480 e. The first kappa shape index (κ1) is 17.9. The number of carboxylic acid groups (broad SMARTS) is 1. The van der Waals surface area contributed by atoms with Crippen molar-refractivity contribution in [1.29, 1.82) is 0 Å². The molecule has 1 amide bonds. The van der Waals surface area contributed by atoms with E-state index >= 15 is 0 Å². The summed E-state index contributed by atoms with van der Waals surface area (Å²) in [6.07, 6.45) is 1.99. The summed E-state index contributed by atoms with van der Waals surface area (Å²) in [5.74, 6) is -1.80. The average molecular weight is 320 g/mol. The number of carboxylic acids is 1. The summed E-state index contributed by atoms with van der Waals surface area (Å²) in [4.78, 5) is 22.7. The Morgan fingerprint density at radius 2 is 1.81 bits per heavy atom. The number of nitrogens with one attached hydrogen (secondary N) is 1. The lowest BCUT2D eigenvalue weighted by atomic mass is 10.0. The van der Waals surface area contributed by atoms with Gasteiger partial charge in [-0.05, 0) is 25.2 Å². The Bertz CT molecular complexity index is 469. The van der Waals surface area contributed by atoms with Crippen molar-refractivity contribution in [3.63, 3.8) is 0 Å². The monoisotopic (exact) mass is 320 g/mol. The summed E-state index contributed by atoms with van der Waals surface area (Å²) in [6, 6.07) is -0.937. The van der Waals surface area contributed by atoms with E-state index in [1.807, 2.05) is 0 Å². The topological polar surface area (TPSA) is 104 Å². The zero-order valence-corrected chi connectivity index (χ0v) is 13.4. The quantitative estimate of drug-likeness (QED) is 0.674. The van der Waals surface area contributed by atoms with Crippen LogP contribution in [0.4, 0.5) is 0 Å². The van der Waals surface area contributed by atoms with E-state index in [0.717, 1.165) is 12.8 Å². The van der Waals surface area contributed by atoms with Gasteiger partial charge in [0, 0.05) is 19.5 Å². The SMILES string of the molecule is CC(C)[C@@H](NC(=O)CCCS(=O)(=O)N1CCCC1)C(=O)O. The molecule has 0 spiro atoms. The normalized spacial score (nSPS) is 17.9. The van der Waals surface area contributed by atoms with Gasteiger partial charge in [-0.25, -0.2) is 17.5 Å². The van der Waals surface area contributed by atoms with E-state index in [1.54, 1.807) is 13.8 Å². The molecule has 1 heterocycles. The van der Waals surface area contributed by atoms with Crippen LogP contribution in [0.2, 0.25) is 0 Å². The minimum absolute atomic E-state index is 0.0174. The van der Waals surface area contributed by atoms with Crippen molar-refractivity contribution >= 4 is 21.9 Å². The van der Waals surface area contributed by atoms with E-state index in [1.165, 1.54) is 4.31 Å². The number of carbonyl (C=O) groups is 2. The second kappa shape index (κ2) is 7.74. The van der Waals surface area contributed by atoms with E-state index in [9.17, 15) is 18.0 Å². The Morgan fingerprint density at radius 1 is 1.24 bits per heavy atom. The van der Waals surface area contributed by atoms with Crippen LogP contribution in [0.25, 0.3) is 0 Å². The molecular formula is C13H24N2O5S. The molecule has 0 aromatic heterocycles. The summed E-state index contributed by atoms with van der Waals surface area (Å²) >= 11 is 0. The summed E-state index contributed by atoms with van der Waals surface area (Å²) < 4.78 is 25.4. The molecule has 2 N–H and O–H groups in total. The number of aliphatic carboxylic acids is 1. The van der Waals surface area contributed by atoms with Crippen LogP contribution in [0, 0.1) is 5.92 Å². The van der Waals surface area contributed by atoms with Crippen molar-refractivity contribution in [2.45, 2.75) is 45.6 Å². The van der Waals surface area contributed by atoms with Crippen molar-refractivity contribution in [3.8, 4) is 0 Å². The molecule has 0 unspecified atom stereocenters. The molecule has 122 valence electrons. The van der Waals surface area contributed by atoms with Crippen molar-refractivity contribution in [2.24, 2.45) is 5.92 Å². The molecule has 1 aliphatic rings. The lowest BCUT2D eigenvalue weighted by molar-refractivity contribution is -0.143. The van der Waals surface area contributed by atoms with E-state index in [0.29, 0.717) is 13.1 Å². The highest BCUT2D eigenvalue weighted by molar-refractivity contribution is 7.89. The molecule has 0 bridgehead atoms. The first-order chi connectivity index (χ1) is 9.74. The highest BCUT2D eigenvalue weighted by Crippen LogP contribution is 2.14. The number of sulfonamides is 1. The fraction of sp³-hybridized carbons (Fsp3) is 0.846. The lowest BCUT2D eigenvalue weighted by Crippen LogP contribution is -2.44. The van der Waals surface area contributed by atoms with Gasteiger partial charge in [0.1, 0.15) is 6.04 Å². The van der Waals surface area contributed by atoms with Gasteiger partial charge in [0.25, 0.3) is 0 Å². The Kier molecular flexibility index (Phi) is 6.60. The Labute approximate surface area is 125 Å². The van der Waals surface area contributed by atoms with E-state index in [-0.39, 0.29) is 24.5 Å². The Morgan fingerprint density at radius 3 is 2.29 bits per heavy atom. The van der Waals surface area contributed by atoms with Gasteiger partial charge in [0.05, 0.1) is 5.75 Å². The molecule has 0 saturated carbocycles. The fourth-order valence-electron chi connectivity index (χ4n) is 2.27. The molecule has 0 radical (unpaired) electrons. The first-order valence-corrected chi connectivity index (χ1v) is 8.85. The first-order valence-electron chi connectivity index (χ1n) is 7.24. The molecule has 1 fully saturated rings. The number of rotatable bonds is 8. The van der Waals surface area contributed by atoms with Gasteiger partial charge in [-0.2, -0.15) is 0 Å². The van der Waals surface area contributed by atoms with Crippen LogP contribution in [0.15, 0.2) is 0 Å². The molecule has 1 atom stereocenters. The van der Waals surface area contributed by atoms with Crippen LogP contribution >= 0.6 is 0 Å². The van der Waals surface area contributed by atoms with Crippen molar-refractivity contribution < 1.29 is 23.1 Å². The summed E-state index contributed by atoms with van der Waals surface area (Å²) in [6.45, 7) is 4.53. The van der Waals surface area contributed by atoms with Gasteiger partial charge in [-0.1, -0.05) is 13.8 Å². The fourth-order valence-corrected chi connectivity index (χ4v) is 3.85. The second-order valence-electron chi connectivity index (χ2n) is 5.65. The molecular weight excluding hydrogens is 296 g/mol. The molecule has 1 saturated heterocycles. The van der Waals surface area contributed by atoms with Crippen LogP contribution in [0.5, 0.6) is 0 Å². The Hall–Kier alpha value is -1.15. The third-order valence-corrected chi connectivity index (χ3v) is 5.47. The lowest BCUT2D eigenvalue weighted by Gasteiger charge is -2.18.